The summed E-state index contributed by atoms with van der Waals surface area (Å²) in [5, 5.41) is 2.51. The first-order valence-corrected chi connectivity index (χ1v) is 10.2. The molecule has 1 N–H and O–H groups in total. The standard InChI is InChI=1S/C25H21ClN2O3/c1-15(2)31-25(29)24-20(14-30-3)23-19-12-17(5-4-16-6-9-18(26)10-7-16)8-11-21(19)28-22(23)13-27-24/h6-13,15,28H,14H2,1-3H3. The summed E-state index contributed by atoms with van der Waals surface area (Å²) >= 11 is 5.94. The number of aromatic amines is 1. The van der Waals surface area contributed by atoms with Gasteiger partial charge in [-0.05, 0) is 56.3 Å². The van der Waals surface area contributed by atoms with Crippen LogP contribution in [0.3, 0.4) is 0 Å². The summed E-state index contributed by atoms with van der Waals surface area (Å²) in [6.07, 6.45) is 1.42. The van der Waals surface area contributed by atoms with Crippen LogP contribution in [-0.4, -0.2) is 29.2 Å². The number of fused-ring (bicyclic) bond motifs is 3. The summed E-state index contributed by atoms with van der Waals surface area (Å²) in [6, 6.07) is 13.3. The van der Waals surface area contributed by atoms with Gasteiger partial charge in [0.05, 0.1) is 24.4 Å². The average molecular weight is 433 g/mol. The molecule has 0 radical (unpaired) electrons. The zero-order chi connectivity index (χ0) is 22.0. The molecule has 0 saturated carbocycles. The monoisotopic (exact) mass is 432 g/mol. The van der Waals surface area contributed by atoms with Crippen LogP contribution < -0.4 is 0 Å². The molecule has 5 nitrogen and oxygen atoms in total. The molecule has 2 aromatic heterocycles. The van der Waals surface area contributed by atoms with E-state index in [1.54, 1.807) is 13.3 Å². The second-order valence-electron chi connectivity index (χ2n) is 7.40. The van der Waals surface area contributed by atoms with E-state index in [4.69, 9.17) is 21.1 Å². The van der Waals surface area contributed by atoms with Crippen LogP contribution >= 0.6 is 11.6 Å². The molecule has 0 amide bonds. The van der Waals surface area contributed by atoms with Crippen molar-refractivity contribution in [1.82, 2.24) is 9.97 Å². The minimum Gasteiger partial charge on any atom is -0.458 e. The van der Waals surface area contributed by atoms with Crippen molar-refractivity contribution in [3.63, 3.8) is 0 Å². The van der Waals surface area contributed by atoms with Crippen molar-refractivity contribution in [3.05, 3.63) is 76.1 Å². The number of carbonyl (C=O) groups is 1. The van der Waals surface area contributed by atoms with Gasteiger partial charge in [-0.1, -0.05) is 23.4 Å². The lowest BCUT2D eigenvalue weighted by atomic mass is 10.0. The van der Waals surface area contributed by atoms with E-state index in [0.29, 0.717) is 10.6 Å². The summed E-state index contributed by atoms with van der Waals surface area (Å²) in [6.45, 7) is 3.86. The molecule has 4 rings (SSSR count). The van der Waals surface area contributed by atoms with Crippen molar-refractivity contribution in [2.24, 2.45) is 0 Å². The zero-order valence-electron chi connectivity index (χ0n) is 17.5. The van der Waals surface area contributed by atoms with Crippen molar-refractivity contribution in [1.29, 1.82) is 0 Å². The van der Waals surface area contributed by atoms with Gasteiger partial charge < -0.3 is 14.5 Å². The van der Waals surface area contributed by atoms with E-state index in [1.807, 2.05) is 56.3 Å². The van der Waals surface area contributed by atoms with E-state index in [0.717, 1.165) is 32.9 Å². The topological polar surface area (TPSA) is 64.2 Å². The predicted octanol–water partition coefficient (Wildman–Crippen LogP) is 5.48. The Kier molecular flexibility index (Phi) is 5.94. The Morgan fingerprint density at radius 1 is 1.10 bits per heavy atom. The van der Waals surface area contributed by atoms with Crippen LogP contribution in [0.25, 0.3) is 21.8 Å². The molecule has 0 saturated heterocycles. The molecule has 0 unspecified atom stereocenters. The fourth-order valence-electron chi connectivity index (χ4n) is 3.45. The first-order valence-electron chi connectivity index (χ1n) is 9.87. The van der Waals surface area contributed by atoms with Gasteiger partial charge >= 0.3 is 5.97 Å². The number of esters is 1. The quantitative estimate of drug-likeness (QED) is 0.342. The van der Waals surface area contributed by atoms with Crippen LogP contribution in [0, 0.1) is 11.8 Å². The minimum absolute atomic E-state index is 0.237. The molecule has 6 heteroatoms. The van der Waals surface area contributed by atoms with E-state index in [-0.39, 0.29) is 18.4 Å². The molecule has 0 spiro atoms. The van der Waals surface area contributed by atoms with Gasteiger partial charge in [0.25, 0.3) is 0 Å². The summed E-state index contributed by atoms with van der Waals surface area (Å²) in [4.78, 5) is 20.3. The second kappa shape index (κ2) is 8.81. The number of benzene rings is 2. The predicted molar refractivity (Wildman–Crippen MR) is 122 cm³/mol. The van der Waals surface area contributed by atoms with Crippen LogP contribution in [0.4, 0.5) is 0 Å². The van der Waals surface area contributed by atoms with E-state index >= 15 is 0 Å². The molecule has 0 bridgehead atoms. The normalized spacial score (nSPS) is 11.0. The lowest BCUT2D eigenvalue weighted by Crippen LogP contribution is -2.15. The lowest BCUT2D eigenvalue weighted by Gasteiger charge is -2.11. The van der Waals surface area contributed by atoms with E-state index in [1.165, 1.54) is 0 Å². The van der Waals surface area contributed by atoms with Crippen LogP contribution in [-0.2, 0) is 16.1 Å². The maximum Gasteiger partial charge on any atom is 0.357 e. The Bertz CT molecular complexity index is 1330. The molecule has 4 aromatic rings. The number of halogens is 1. The summed E-state index contributed by atoms with van der Waals surface area (Å²) < 4.78 is 10.8. The van der Waals surface area contributed by atoms with Gasteiger partial charge in [0.1, 0.15) is 0 Å². The van der Waals surface area contributed by atoms with E-state index < -0.39 is 5.97 Å². The molecule has 0 aliphatic carbocycles. The lowest BCUT2D eigenvalue weighted by molar-refractivity contribution is 0.0366. The van der Waals surface area contributed by atoms with Crippen molar-refractivity contribution in [2.75, 3.05) is 7.11 Å². The molecule has 0 atom stereocenters. The summed E-state index contributed by atoms with van der Waals surface area (Å²) in [5.74, 6) is 5.89. The molecule has 156 valence electrons. The maximum atomic E-state index is 12.6. The highest BCUT2D eigenvalue weighted by Gasteiger charge is 2.21. The molecule has 31 heavy (non-hydrogen) atoms. The highest BCUT2D eigenvalue weighted by atomic mass is 35.5. The van der Waals surface area contributed by atoms with Gasteiger partial charge in [-0.2, -0.15) is 0 Å². The molecule has 0 aliphatic heterocycles. The Morgan fingerprint density at radius 3 is 2.52 bits per heavy atom. The molecule has 2 heterocycles. The molecule has 0 fully saturated rings. The number of pyridine rings is 1. The van der Waals surface area contributed by atoms with Gasteiger partial charge in [-0.3, -0.25) is 0 Å². The number of carbonyl (C=O) groups excluding carboxylic acids is 1. The Balaban J connectivity index is 1.85. The first kappa shape index (κ1) is 20.9. The Labute approximate surface area is 185 Å². The third kappa shape index (κ3) is 4.41. The fourth-order valence-corrected chi connectivity index (χ4v) is 3.57. The Hall–Kier alpha value is -3.33. The first-order chi connectivity index (χ1) is 15.0. The number of methoxy groups -OCH3 is 1. The van der Waals surface area contributed by atoms with Crippen LogP contribution in [0.2, 0.25) is 5.02 Å². The third-order valence-corrected chi connectivity index (χ3v) is 5.01. The second-order valence-corrected chi connectivity index (χ2v) is 7.84. The summed E-state index contributed by atoms with van der Waals surface area (Å²) in [7, 11) is 1.59. The van der Waals surface area contributed by atoms with Gasteiger partial charge in [-0.25, -0.2) is 9.78 Å². The van der Waals surface area contributed by atoms with Crippen molar-refractivity contribution >= 4 is 39.4 Å². The highest BCUT2D eigenvalue weighted by molar-refractivity contribution is 6.30. The minimum atomic E-state index is -0.461. The molecule has 0 aliphatic rings. The van der Waals surface area contributed by atoms with Gasteiger partial charge in [0.2, 0.25) is 0 Å². The van der Waals surface area contributed by atoms with Crippen LogP contribution in [0.15, 0.2) is 48.7 Å². The fraction of sp³-hybridized carbons (Fsp3) is 0.200. The highest BCUT2D eigenvalue weighted by Crippen LogP contribution is 2.31. The largest absolute Gasteiger partial charge is 0.458 e. The molecular formula is C25H21ClN2O3. The number of nitrogens with one attached hydrogen (secondary N) is 1. The number of H-pyrrole nitrogens is 1. The third-order valence-electron chi connectivity index (χ3n) is 4.76. The van der Waals surface area contributed by atoms with Crippen LogP contribution in [0.5, 0.6) is 0 Å². The number of nitrogens with zero attached hydrogens (tertiary/aromatic N) is 1. The molecular weight excluding hydrogens is 412 g/mol. The number of ether oxygens (including phenoxy) is 2. The summed E-state index contributed by atoms with van der Waals surface area (Å²) in [5.41, 5.74) is 4.45. The van der Waals surface area contributed by atoms with Crippen molar-refractivity contribution in [2.45, 2.75) is 26.6 Å². The van der Waals surface area contributed by atoms with E-state index in [9.17, 15) is 4.79 Å². The van der Waals surface area contributed by atoms with Gasteiger partial charge in [0.15, 0.2) is 5.69 Å². The number of rotatable bonds is 4. The van der Waals surface area contributed by atoms with Crippen molar-refractivity contribution < 1.29 is 14.3 Å². The SMILES string of the molecule is COCc1c(C(=O)OC(C)C)ncc2[nH]c3ccc(C#Cc4ccc(Cl)cc4)cc3c12. The van der Waals surface area contributed by atoms with Crippen LogP contribution in [0.1, 0.15) is 41.0 Å². The zero-order valence-corrected chi connectivity index (χ0v) is 18.2. The number of hydrogen-bond donors (Lipinski definition) is 1. The van der Waals surface area contributed by atoms with Gasteiger partial charge in [0, 0.05) is 45.1 Å². The van der Waals surface area contributed by atoms with E-state index in [2.05, 4.69) is 21.8 Å². The van der Waals surface area contributed by atoms with Crippen molar-refractivity contribution in [3.8, 4) is 11.8 Å². The smallest absolute Gasteiger partial charge is 0.357 e. The maximum absolute atomic E-state index is 12.6. The Morgan fingerprint density at radius 2 is 1.81 bits per heavy atom. The number of aromatic nitrogens is 2. The molecule has 2 aromatic carbocycles. The number of hydrogen-bond acceptors (Lipinski definition) is 4. The average Bonchev–Trinajstić information content (AvgIpc) is 3.11. The van der Waals surface area contributed by atoms with Gasteiger partial charge in [-0.15, -0.1) is 0 Å².